The molecule has 0 aliphatic rings. The molecule has 0 saturated carbocycles. The fourth-order valence-electron chi connectivity index (χ4n) is 2.67. The highest BCUT2D eigenvalue weighted by Crippen LogP contribution is 2.25. The second-order valence-corrected chi connectivity index (χ2v) is 5.64. The Morgan fingerprint density at radius 3 is 2.56 bits per heavy atom. The van der Waals surface area contributed by atoms with E-state index in [1.54, 1.807) is 35.4 Å². The third-order valence-electron chi connectivity index (χ3n) is 4.00. The molecule has 25 heavy (non-hydrogen) atoms. The fraction of sp³-hybridized carbons (Fsp3) is 0.111. The van der Waals surface area contributed by atoms with Crippen molar-refractivity contribution in [3.63, 3.8) is 0 Å². The van der Waals surface area contributed by atoms with Crippen molar-refractivity contribution in [3.8, 4) is 5.69 Å². The van der Waals surface area contributed by atoms with Crippen molar-refractivity contribution in [2.45, 2.75) is 13.0 Å². The van der Waals surface area contributed by atoms with Gasteiger partial charge in [-0.1, -0.05) is 0 Å². The lowest BCUT2D eigenvalue weighted by Crippen LogP contribution is -2.08. The molecule has 4 aromatic rings. The van der Waals surface area contributed by atoms with Crippen LogP contribution in [-0.4, -0.2) is 24.7 Å². The van der Waals surface area contributed by atoms with Crippen LogP contribution in [0.5, 0.6) is 0 Å². The van der Waals surface area contributed by atoms with Crippen molar-refractivity contribution >= 4 is 16.9 Å². The summed E-state index contributed by atoms with van der Waals surface area (Å²) in [6, 6.07) is 10.1. The van der Waals surface area contributed by atoms with Crippen molar-refractivity contribution in [3.05, 3.63) is 72.7 Å². The van der Waals surface area contributed by atoms with E-state index in [1.165, 1.54) is 18.5 Å². The molecule has 4 rings (SSSR count). The predicted molar refractivity (Wildman–Crippen MR) is 92.9 cm³/mol. The molecule has 0 fully saturated rings. The summed E-state index contributed by atoms with van der Waals surface area (Å²) in [5.74, 6) is 0.408. The average Bonchev–Trinajstić information content (AvgIpc) is 3.08. The molecule has 1 N–H and O–H groups in total. The lowest BCUT2D eigenvalue weighted by molar-refractivity contribution is 0.627. The number of nitrogens with one attached hydrogen (secondary N) is 1. The molecule has 7 heteroatoms. The van der Waals surface area contributed by atoms with Gasteiger partial charge in [0.25, 0.3) is 0 Å². The van der Waals surface area contributed by atoms with E-state index in [1.807, 2.05) is 19.1 Å². The number of aromatic nitrogens is 5. The number of hydrogen-bond acceptors (Lipinski definition) is 5. The number of fused-ring (bicyclic) bond motifs is 1. The Kier molecular flexibility index (Phi) is 3.81. The first kappa shape index (κ1) is 15.2. The Labute approximate surface area is 143 Å². The van der Waals surface area contributed by atoms with Crippen LogP contribution in [0, 0.1) is 5.82 Å². The molecular weight excluding hydrogens is 319 g/mol. The minimum Gasteiger partial charge on any atom is -0.363 e. The van der Waals surface area contributed by atoms with Crippen LogP contribution in [0.1, 0.15) is 18.5 Å². The number of rotatable bonds is 4. The number of anilines is 1. The van der Waals surface area contributed by atoms with E-state index in [0.29, 0.717) is 11.5 Å². The van der Waals surface area contributed by atoms with Gasteiger partial charge in [0.2, 0.25) is 0 Å². The van der Waals surface area contributed by atoms with Gasteiger partial charge < -0.3 is 5.32 Å². The summed E-state index contributed by atoms with van der Waals surface area (Å²) in [5.41, 5.74) is 2.50. The molecule has 0 spiro atoms. The SMILES string of the molecule is C[C@H](Nc1ncnc2c1cnn2-c1ccc(F)cc1)c1ccncc1. The summed E-state index contributed by atoms with van der Waals surface area (Å²) in [7, 11) is 0. The van der Waals surface area contributed by atoms with Crippen LogP contribution in [-0.2, 0) is 0 Å². The zero-order chi connectivity index (χ0) is 17.2. The Balaban J connectivity index is 1.71. The van der Waals surface area contributed by atoms with Gasteiger partial charge in [-0.2, -0.15) is 5.10 Å². The normalized spacial score (nSPS) is 12.2. The van der Waals surface area contributed by atoms with Crippen LogP contribution in [0.4, 0.5) is 10.2 Å². The maximum absolute atomic E-state index is 13.1. The third-order valence-corrected chi connectivity index (χ3v) is 4.00. The summed E-state index contributed by atoms with van der Waals surface area (Å²) in [6.07, 6.45) is 6.72. The van der Waals surface area contributed by atoms with Crippen molar-refractivity contribution in [1.29, 1.82) is 0 Å². The van der Waals surface area contributed by atoms with Crippen LogP contribution >= 0.6 is 0 Å². The van der Waals surface area contributed by atoms with Gasteiger partial charge in [-0.3, -0.25) is 4.98 Å². The maximum atomic E-state index is 13.1. The number of halogens is 1. The molecule has 1 aromatic carbocycles. The summed E-state index contributed by atoms with van der Waals surface area (Å²) >= 11 is 0. The summed E-state index contributed by atoms with van der Waals surface area (Å²) in [5, 5.41) is 8.56. The molecule has 0 aliphatic carbocycles. The highest BCUT2D eigenvalue weighted by Gasteiger charge is 2.13. The molecule has 0 radical (unpaired) electrons. The molecule has 3 aromatic heterocycles. The molecule has 0 aliphatic heterocycles. The van der Waals surface area contributed by atoms with Crippen LogP contribution in [0.3, 0.4) is 0 Å². The summed E-state index contributed by atoms with van der Waals surface area (Å²) in [6.45, 7) is 2.05. The fourth-order valence-corrected chi connectivity index (χ4v) is 2.67. The van der Waals surface area contributed by atoms with E-state index < -0.39 is 0 Å². The Morgan fingerprint density at radius 2 is 1.80 bits per heavy atom. The van der Waals surface area contributed by atoms with Gasteiger partial charge in [0, 0.05) is 12.4 Å². The van der Waals surface area contributed by atoms with E-state index in [9.17, 15) is 4.39 Å². The minimum atomic E-state index is -0.289. The van der Waals surface area contributed by atoms with Gasteiger partial charge in [-0.25, -0.2) is 19.0 Å². The van der Waals surface area contributed by atoms with Crippen LogP contribution < -0.4 is 5.32 Å². The zero-order valence-electron chi connectivity index (χ0n) is 13.5. The molecule has 124 valence electrons. The van der Waals surface area contributed by atoms with Crippen molar-refractivity contribution in [2.75, 3.05) is 5.32 Å². The third kappa shape index (κ3) is 2.91. The van der Waals surface area contributed by atoms with E-state index in [-0.39, 0.29) is 11.9 Å². The number of pyridine rings is 1. The summed E-state index contributed by atoms with van der Waals surface area (Å²) in [4.78, 5) is 12.7. The topological polar surface area (TPSA) is 68.5 Å². The average molecular weight is 334 g/mol. The Bertz CT molecular complexity index is 997. The van der Waals surface area contributed by atoms with Gasteiger partial charge in [-0.05, 0) is 48.9 Å². The molecular formula is C18H15FN6. The van der Waals surface area contributed by atoms with Crippen molar-refractivity contribution in [2.24, 2.45) is 0 Å². The highest BCUT2D eigenvalue weighted by atomic mass is 19.1. The smallest absolute Gasteiger partial charge is 0.168 e. The number of nitrogens with zero attached hydrogens (tertiary/aromatic N) is 5. The first-order valence-electron chi connectivity index (χ1n) is 7.83. The van der Waals surface area contributed by atoms with E-state index in [4.69, 9.17) is 0 Å². The maximum Gasteiger partial charge on any atom is 0.168 e. The predicted octanol–water partition coefficient (Wildman–Crippen LogP) is 3.52. The Hall–Kier alpha value is -3.35. The molecule has 0 unspecified atom stereocenters. The minimum absolute atomic E-state index is 0.0512. The van der Waals surface area contributed by atoms with Crippen molar-refractivity contribution in [1.82, 2.24) is 24.7 Å². The van der Waals surface area contributed by atoms with E-state index in [0.717, 1.165) is 16.6 Å². The number of benzene rings is 1. The van der Waals surface area contributed by atoms with Gasteiger partial charge >= 0.3 is 0 Å². The molecule has 3 heterocycles. The second kappa shape index (κ2) is 6.27. The molecule has 6 nitrogen and oxygen atoms in total. The van der Waals surface area contributed by atoms with Gasteiger partial charge in [0.15, 0.2) is 5.65 Å². The highest BCUT2D eigenvalue weighted by molar-refractivity contribution is 5.87. The standard InChI is InChI=1S/C18H15FN6/c1-12(13-6-8-20-9-7-13)24-17-16-10-23-25(18(16)22-11-21-17)15-4-2-14(19)3-5-15/h2-12H,1H3,(H,21,22,24)/t12-/m0/s1. The quantitative estimate of drug-likeness (QED) is 0.618. The largest absolute Gasteiger partial charge is 0.363 e. The molecule has 0 saturated heterocycles. The monoisotopic (exact) mass is 334 g/mol. The molecule has 0 bridgehead atoms. The second-order valence-electron chi connectivity index (χ2n) is 5.64. The van der Waals surface area contributed by atoms with E-state index in [2.05, 4.69) is 25.4 Å². The Morgan fingerprint density at radius 1 is 1.04 bits per heavy atom. The van der Waals surface area contributed by atoms with Gasteiger partial charge in [0.1, 0.15) is 18.0 Å². The molecule has 1 atom stereocenters. The lowest BCUT2D eigenvalue weighted by Gasteiger charge is -2.15. The van der Waals surface area contributed by atoms with Gasteiger partial charge in [-0.15, -0.1) is 0 Å². The van der Waals surface area contributed by atoms with Gasteiger partial charge in [0.05, 0.1) is 23.3 Å². The van der Waals surface area contributed by atoms with Crippen molar-refractivity contribution < 1.29 is 4.39 Å². The van der Waals surface area contributed by atoms with Crippen LogP contribution in [0.25, 0.3) is 16.7 Å². The summed E-state index contributed by atoms with van der Waals surface area (Å²) < 4.78 is 14.8. The van der Waals surface area contributed by atoms with E-state index >= 15 is 0 Å². The lowest BCUT2D eigenvalue weighted by atomic mass is 10.1. The molecule has 0 amide bonds. The van der Waals surface area contributed by atoms with Crippen LogP contribution in [0.2, 0.25) is 0 Å². The van der Waals surface area contributed by atoms with Crippen LogP contribution in [0.15, 0.2) is 61.3 Å². The zero-order valence-corrected chi connectivity index (χ0v) is 13.5. The first-order chi connectivity index (χ1) is 12.2. The number of hydrogen-bond donors (Lipinski definition) is 1. The first-order valence-corrected chi connectivity index (χ1v) is 7.83.